The summed E-state index contributed by atoms with van der Waals surface area (Å²) in [4.78, 5) is 10.9. The van der Waals surface area contributed by atoms with Crippen molar-refractivity contribution in [1.82, 2.24) is 0 Å². The molecular weight excluding hydrogens is 206 g/mol. The normalized spacial score (nSPS) is 18.1. The van der Waals surface area contributed by atoms with Crippen LogP contribution in [0.15, 0.2) is 53.0 Å². The maximum atomic E-state index is 10.9. The zero-order valence-electron chi connectivity index (χ0n) is 9.13. The van der Waals surface area contributed by atoms with Gasteiger partial charge in [0.2, 0.25) is 0 Å². The summed E-state index contributed by atoms with van der Waals surface area (Å²) in [5, 5.41) is 0. The lowest BCUT2D eigenvalue weighted by atomic mass is 10.00. The molecule has 0 aromatic carbocycles. The molecule has 0 spiro atoms. The number of carbonyl (C=O) groups is 1. The van der Waals surface area contributed by atoms with Crippen molar-refractivity contribution in [3.8, 4) is 0 Å². The first-order valence-electron chi connectivity index (χ1n) is 4.93. The second-order valence-electron chi connectivity index (χ2n) is 3.22. The van der Waals surface area contributed by atoms with Gasteiger partial charge in [-0.25, -0.2) is 0 Å². The van der Waals surface area contributed by atoms with Crippen LogP contribution in [0.4, 0.5) is 0 Å². The highest BCUT2D eigenvalue weighted by Crippen LogP contribution is 2.14. The van der Waals surface area contributed by atoms with E-state index in [4.69, 9.17) is 5.73 Å². The van der Waals surface area contributed by atoms with Crippen LogP contribution < -0.4 is 5.73 Å². The summed E-state index contributed by atoms with van der Waals surface area (Å²) >= 11 is 0. The highest BCUT2D eigenvalue weighted by atomic mass is 16.5. The maximum Gasteiger partial charge on any atom is 0.312 e. The molecule has 4 heteroatoms. The predicted molar refractivity (Wildman–Crippen MR) is 60.2 cm³/mol. The van der Waals surface area contributed by atoms with Crippen molar-refractivity contribution in [2.24, 2.45) is 11.7 Å². The van der Waals surface area contributed by atoms with E-state index in [0.29, 0.717) is 12.1 Å². The maximum absolute atomic E-state index is 10.9. The van der Waals surface area contributed by atoms with Gasteiger partial charge in [0, 0.05) is 5.70 Å². The molecule has 0 fully saturated rings. The summed E-state index contributed by atoms with van der Waals surface area (Å²) in [6, 6.07) is 3.67. The molecule has 0 amide bonds. The fraction of sp³-hybridized carbons (Fsp3) is 0.250. The van der Waals surface area contributed by atoms with Crippen LogP contribution in [0.5, 0.6) is 0 Å². The number of furan rings is 1. The number of esters is 1. The van der Waals surface area contributed by atoms with Gasteiger partial charge in [0.25, 0.3) is 0 Å². The first-order valence-corrected chi connectivity index (χ1v) is 4.93. The Morgan fingerprint density at radius 3 is 2.56 bits per heavy atom. The van der Waals surface area contributed by atoms with E-state index in [1.54, 1.807) is 24.7 Å². The molecule has 0 aliphatic heterocycles. The second kappa shape index (κ2) is 6.50. The number of rotatable bonds is 1. The van der Waals surface area contributed by atoms with Crippen LogP contribution >= 0.6 is 0 Å². The Morgan fingerprint density at radius 2 is 2.19 bits per heavy atom. The van der Waals surface area contributed by atoms with Gasteiger partial charge in [0.15, 0.2) is 0 Å². The van der Waals surface area contributed by atoms with Crippen LogP contribution in [0.2, 0.25) is 0 Å². The lowest BCUT2D eigenvalue weighted by Gasteiger charge is -2.11. The van der Waals surface area contributed by atoms with Crippen LogP contribution in [0.1, 0.15) is 6.42 Å². The van der Waals surface area contributed by atoms with E-state index in [-0.39, 0.29) is 11.9 Å². The lowest BCUT2D eigenvalue weighted by molar-refractivity contribution is -0.143. The molecule has 1 aliphatic carbocycles. The summed E-state index contributed by atoms with van der Waals surface area (Å²) in [6.07, 6.45) is 9.21. The molecule has 1 aliphatic rings. The largest absolute Gasteiger partial charge is 0.473 e. The Kier molecular flexibility index (Phi) is 4.92. The SMILES string of the molecule is COC(=O)C1C=CC(N)=CC1.c1ccoc1. The molecule has 86 valence electrons. The van der Waals surface area contributed by atoms with Crippen LogP contribution in [0, 0.1) is 5.92 Å². The summed E-state index contributed by atoms with van der Waals surface area (Å²) in [5.41, 5.74) is 6.17. The highest BCUT2D eigenvalue weighted by molar-refractivity contribution is 5.75. The van der Waals surface area contributed by atoms with E-state index in [0.717, 1.165) is 0 Å². The molecule has 2 N–H and O–H groups in total. The Bertz CT molecular complexity index is 348. The molecule has 0 saturated carbocycles. The van der Waals surface area contributed by atoms with Gasteiger partial charge in [0.1, 0.15) is 0 Å². The molecule has 1 atom stereocenters. The van der Waals surface area contributed by atoms with Crippen molar-refractivity contribution >= 4 is 5.97 Å². The molecule has 1 aromatic rings. The van der Waals surface area contributed by atoms with E-state index in [2.05, 4.69) is 9.15 Å². The predicted octanol–water partition coefficient (Wildman–Crippen LogP) is 1.86. The van der Waals surface area contributed by atoms with Crippen LogP contribution in [0.3, 0.4) is 0 Å². The fourth-order valence-corrected chi connectivity index (χ4v) is 1.19. The van der Waals surface area contributed by atoms with Crippen molar-refractivity contribution in [3.63, 3.8) is 0 Å². The number of ether oxygens (including phenoxy) is 1. The Morgan fingerprint density at radius 1 is 1.50 bits per heavy atom. The Balaban J connectivity index is 0.000000212. The van der Waals surface area contributed by atoms with E-state index in [1.165, 1.54) is 7.11 Å². The minimum Gasteiger partial charge on any atom is -0.473 e. The molecule has 2 rings (SSSR count). The lowest BCUT2D eigenvalue weighted by Crippen LogP contribution is -2.16. The zero-order chi connectivity index (χ0) is 11.8. The average molecular weight is 221 g/mol. The highest BCUT2D eigenvalue weighted by Gasteiger charge is 2.16. The minimum atomic E-state index is -0.204. The van der Waals surface area contributed by atoms with Crippen molar-refractivity contribution in [2.45, 2.75) is 6.42 Å². The van der Waals surface area contributed by atoms with Gasteiger partial charge in [-0.2, -0.15) is 0 Å². The summed E-state index contributed by atoms with van der Waals surface area (Å²) in [6.45, 7) is 0. The summed E-state index contributed by atoms with van der Waals surface area (Å²) in [7, 11) is 1.39. The topological polar surface area (TPSA) is 65.5 Å². The van der Waals surface area contributed by atoms with E-state index in [1.807, 2.05) is 18.2 Å². The Hall–Kier alpha value is -1.97. The number of carbonyl (C=O) groups excluding carboxylic acids is 1. The third-order valence-electron chi connectivity index (χ3n) is 2.06. The van der Waals surface area contributed by atoms with Gasteiger partial charge < -0.3 is 14.9 Å². The molecule has 0 bridgehead atoms. The standard InChI is InChI=1S/C8H11NO2.C4H4O/c1-11-8(10)6-2-4-7(9)5-3-6;1-2-4-5-3-1/h2,4-6H,3,9H2,1H3;1-4H. The molecule has 4 nitrogen and oxygen atoms in total. The number of hydrogen-bond acceptors (Lipinski definition) is 4. The molecule has 0 radical (unpaired) electrons. The van der Waals surface area contributed by atoms with Crippen LogP contribution in [0.25, 0.3) is 0 Å². The second-order valence-corrected chi connectivity index (χ2v) is 3.22. The molecule has 1 aromatic heterocycles. The number of allylic oxidation sites excluding steroid dienone is 2. The van der Waals surface area contributed by atoms with Crippen LogP contribution in [-0.4, -0.2) is 13.1 Å². The van der Waals surface area contributed by atoms with E-state index in [9.17, 15) is 4.79 Å². The molecule has 1 heterocycles. The van der Waals surface area contributed by atoms with Crippen molar-refractivity contribution in [3.05, 3.63) is 48.6 Å². The fourth-order valence-electron chi connectivity index (χ4n) is 1.19. The van der Waals surface area contributed by atoms with Gasteiger partial charge in [0.05, 0.1) is 25.6 Å². The van der Waals surface area contributed by atoms with Gasteiger partial charge in [-0.05, 0) is 24.6 Å². The average Bonchev–Trinajstić information content (AvgIpc) is 2.88. The molecule has 1 unspecified atom stereocenters. The third-order valence-corrected chi connectivity index (χ3v) is 2.06. The first kappa shape index (κ1) is 12.1. The van der Waals surface area contributed by atoms with E-state index >= 15 is 0 Å². The molecule has 16 heavy (non-hydrogen) atoms. The molecule has 0 saturated heterocycles. The summed E-state index contributed by atoms with van der Waals surface area (Å²) in [5.74, 6) is -0.350. The smallest absolute Gasteiger partial charge is 0.312 e. The number of methoxy groups -OCH3 is 1. The minimum absolute atomic E-state index is 0.146. The van der Waals surface area contributed by atoms with Gasteiger partial charge in [-0.1, -0.05) is 12.2 Å². The van der Waals surface area contributed by atoms with Crippen LogP contribution in [-0.2, 0) is 9.53 Å². The summed E-state index contributed by atoms with van der Waals surface area (Å²) < 4.78 is 9.15. The zero-order valence-corrected chi connectivity index (χ0v) is 9.13. The van der Waals surface area contributed by atoms with Crippen molar-refractivity contribution in [2.75, 3.05) is 7.11 Å². The van der Waals surface area contributed by atoms with Crippen molar-refractivity contribution in [1.29, 1.82) is 0 Å². The molecular formula is C12H15NO3. The van der Waals surface area contributed by atoms with Gasteiger partial charge in [-0.3, -0.25) is 4.79 Å². The van der Waals surface area contributed by atoms with Gasteiger partial charge in [-0.15, -0.1) is 0 Å². The van der Waals surface area contributed by atoms with Gasteiger partial charge >= 0.3 is 5.97 Å². The Labute approximate surface area is 94.4 Å². The van der Waals surface area contributed by atoms with E-state index < -0.39 is 0 Å². The van der Waals surface area contributed by atoms with Crippen molar-refractivity contribution < 1.29 is 13.9 Å². The first-order chi connectivity index (χ1) is 7.74. The third kappa shape index (κ3) is 4.04. The number of nitrogens with two attached hydrogens (primary N) is 1. The monoisotopic (exact) mass is 221 g/mol. The quantitative estimate of drug-likeness (QED) is 0.735. The number of hydrogen-bond donors (Lipinski definition) is 1.